The van der Waals surface area contributed by atoms with Crippen LogP contribution in [0.3, 0.4) is 0 Å². The molecule has 0 bridgehead atoms. The van der Waals surface area contributed by atoms with Gasteiger partial charge in [-0.15, -0.1) is 0 Å². The van der Waals surface area contributed by atoms with Gasteiger partial charge in [-0.05, 0) is 6.07 Å². The van der Waals surface area contributed by atoms with Gasteiger partial charge in [-0.3, -0.25) is 10.2 Å². The zero-order chi connectivity index (χ0) is 11.3. The molecule has 2 N–H and O–H groups in total. The van der Waals surface area contributed by atoms with E-state index in [0.717, 1.165) is 0 Å². The predicted molar refractivity (Wildman–Crippen MR) is 61.5 cm³/mol. The summed E-state index contributed by atoms with van der Waals surface area (Å²) >= 11 is 5.92. The number of carbonyl (C=O) groups is 1. The molecule has 0 heterocycles. The van der Waals surface area contributed by atoms with Gasteiger partial charge in [0.15, 0.2) is 6.29 Å². The van der Waals surface area contributed by atoms with Crippen LogP contribution in [-0.4, -0.2) is 19.0 Å². The molecule has 0 spiro atoms. The van der Waals surface area contributed by atoms with Crippen molar-refractivity contribution < 1.29 is 4.79 Å². The molecule has 0 saturated heterocycles. The number of hydrogen-bond acceptors (Lipinski definition) is 3. The molecule has 0 atom stereocenters. The minimum atomic E-state index is 0.116. The number of rotatable bonds is 4. The maximum atomic E-state index is 10.7. The molecular weight excluding hydrogens is 212 g/mol. The van der Waals surface area contributed by atoms with Gasteiger partial charge >= 0.3 is 0 Å². The second kappa shape index (κ2) is 5.32. The number of nitrogens with one attached hydrogen (secondary N) is 2. The van der Waals surface area contributed by atoms with E-state index in [1.165, 1.54) is 6.20 Å². The first-order valence-corrected chi connectivity index (χ1v) is 4.75. The number of allylic oxidation sites excluding steroid dienone is 1. The molecule has 78 valence electrons. The van der Waals surface area contributed by atoms with Crippen LogP contribution < -0.4 is 5.32 Å². The van der Waals surface area contributed by atoms with Crippen LogP contribution in [0.2, 0.25) is 5.02 Å². The van der Waals surface area contributed by atoms with Crippen molar-refractivity contribution in [1.82, 2.24) is 5.32 Å². The first-order chi connectivity index (χ1) is 7.20. The van der Waals surface area contributed by atoms with E-state index in [1.54, 1.807) is 31.3 Å². The summed E-state index contributed by atoms with van der Waals surface area (Å²) in [6.45, 7) is 0. The quantitative estimate of drug-likeness (QED) is 0.465. The van der Waals surface area contributed by atoms with Gasteiger partial charge in [-0.2, -0.15) is 0 Å². The van der Waals surface area contributed by atoms with E-state index in [9.17, 15) is 4.79 Å². The first-order valence-electron chi connectivity index (χ1n) is 4.37. The monoisotopic (exact) mass is 222 g/mol. The van der Waals surface area contributed by atoms with Crippen LogP contribution in [0, 0.1) is 5.41 Å². The van der Waals surface area contributed by atoms with E-state index in [4.69, 9.17) is 17.0 Å². The summed E-state index contributed by atoms with van der Waals surface area (Å²) in [4.78, 5) is 10.7. The van der Waals surface area contributed by atoms with E-state index in [0.29, 0.717) is 16.9 Å². The standard InChI is InChI=1S/C11H11ClN2O/c1-14-6-8(7-15)11(13)9-4-2-3-5-10(9)12/h2-7,13-14H,1H3/b8-6-,13-11?. The van der Waals surface area contributed by atoms with Crippen LogP contribution in [-0.2, 0) is 4.79 Å². The lowest BCUT2D eigenvalue weighted by Gasteiger charge is -2.05. The summed E-state index contributed by atoms with van der Waals surface area (Å²) in [6, 6.07) is 6.95. The molecule has 0 unspecified atom stereocenters. The SMILES string of the molecule is CN/C=C(/C=O)C(=N)c1ccccc1Cl. The lowest BCUT2D eigenvalue weighted by Crippen LogP contribution is -2.09. The third-order valence-electron chi connectivity index (χ3n) is 1.86. The Morgan fingerprint density at radius 2 is 2.13 bits per heavy atom. The number of benzene rings is 1. The second-order valence-electron chi connectivity index (χ2n) is 2.86. The van der Waals surface area contributed by atoms with E-state index in [2.05, 4.69) is 5.32 Å². The third-order valence-corrected chi connectivity index (χ3v) is 2.19. The van der Waals surface area contributed by atoms with Crippen LogP contribution in [0.25, 0.3) is 0 Å². The van der Waals surface area contributed by atoms with Crippen LogP contribution >= 0.6 is 11.6 Å². The van der Waals surface area contributed by atoms with Gasteiger partial charge in [0.05, 0.1) is 11.3 Å². The van der Waals surface area contributed by atoms with Crippen molar-refractivity contribution in [3.8, 4) is 0 Å². The average molecular weight is 223 g/mol. The Hall–Kier alpha value is -1.61. The van der Waals surface area contributed by atoms with E-state index in [1.807, 2.05) is 0 Å². The highest BCUT2D eigenvalue weighted by Crippen LogP contribution is 2.17. The number of hydrogen-bond donors (Lipinski definition) is 2. The molecule has 15 heavy (non-hydrogen) atoms. The summed E-state index contributed by atoms with van der Waals surface area (Å²) < 4.78 is 0. The highest BCUT2D eigenvalue weighted by molar-refractivity contribution is 6.36. The molecule has 0 amide bonds. The number of carbonyl (C=O) groups excluding carboxylic acids is 1. The molecule has 0 aliphatic heterocycles. The Morgan fingerprint density at radius 1 is 1.47 bits per heavy atom. The van der Waals surface area contributed by atoms with E-state index >= 15 is 0 Å². The van der Waals surface area contributed by atoms with Gasteiger partial charge in [-0.25, -0.2) is 0 Å². The van der Waals surface area contributed by atoms with Crippen LogP contribution in [0.5, 0.6) is 0 Å². The maximum Gasteiger partial charge on any atom is 0.153 e. The minimum Gasteiger partial charge on any atom is -0.393 e. The zero-order valence-electron chi connectivity index (χ0n) is 8.25. The van der Waals surface area contributed by atoms with Crippen molar-refractivity contribution in [2.45, 2.75) is 0 Å². The molecule has 1 aromatic rings. The fraction of sp³-hybridized carbons (Fsp3) is 0.0909. The highest BCUT2D eigenvalue weighted by Gasteiger charge is 2.09. The van der Waals surface area contributed by atoms with Gasteiger partial charge in [0.1, 0.15) is 0 Å². The largest absolute Gasteiger partial charge is 0.393 e. The Bertz CT molecular complexity index is 413. The van der Waals surface area contributed by atoms with E-state index < -0.39 is 0 Å². The second-order valence-corrected chi connectivity index (χ2v) is 3.27. The predicted octanol–water partition coefficient (Wildman–Crippen LogP) is 2.01. The normalized spacial score (nSPS) is 10.9. The minimum absolute atomic E-state index is 0.116. The van der Waals surface area contributed by atoms with E-state index in [-0.39, 0.29) is 11.3 Å². The van der Waals surface area contributed by atoms with Crippen LogP contribution in [0.1, 0.15) is 5.56 Å². The van der Waals surface area contributed by atoms with Gasteiger partial charge < -0.3 is 5.32 Å². The van der Waals surface area contributed by atoms with Crippen molar-refractivity contribution >= 4 is 23.6 Å². The summed E-state index contributed by atoms with van der Waals surface area (Å²) in [5, 5.41) is 11.0. The molecule has 0 aromatic heterocycles. The summed E-state index contributed by atoms with van der Waals surface area (Å²) in [5.74, 6) is 0. The third kappa shape index (κ3) is 2.67. The van der Waals surface area contributed by atoms with Gasteiger partial charge in [0.2, 0.25) is 0 Å². The van der Waals surface area contributed by atoms with Crippen LogP contribution in [0.15, 0.2) is 36.0 Å². The van der Waals surface area contributed by atoms with Gasteiger partial charge in [-0.1, -0.05) is 29.8 Å². The molecule has 0 fully saturated rings. The lowest BCUT2D eigenvalue weighted by molar-refractivity contribution is -0.104. The zero-order valence-corrected chi connectivity index (χ0v) is 9.01. The molecule has 3 nitrogen and oxygen atoms in total. The highest BCUT2D eigenvalue weighted by atomic mass is 35.5. The topological polar surface area (TPSA) is 53.0 Å². The summed E-state index contributed by atoms with van der Waals surface area (Å²) in [7, 11) is 1.67. The van der Waals surface area contributed by atoms with Crippen molar-refractivity contribution in [3.63, 3.8) is 0 Å². The Morgan fingerprint density at radius 3 is 2.67 bits per heavy atom. The van der Waals surface area contributed by atoms with Crippen molar-refractivity contribution in [2.75, 3.05) is 7.05 Å². The molecule has 0 aliphatic carbocycles. The lowest BCUT2D eigenvalue weighted by atomic mass is 10.0. The van der Waals surface area contributed by atoms with Crippen molar-refractivity contribution in [3.05, 3.63) is 46.6 Å². The Labute approximate surface area is 93.3 Å². The molecule has 1 rings (SSSR count). The summed E-state index contributed by atoms with van der Waals surface area (Å²) in [6.07, 6.45) is 2.10. The molecule has 0 aliphatic rings. The smallest absolute Gasteiger partial charge is 0.153 e. The molecular formula is C11H11ClN2O. The fourth-order valence-corrected chi connectivity index (χ4v) is 1.37. The Kier molecular flexibility index (Phi) is 4.06. The maximum absolute atomic E-state index is 10.7. The average Bonchev–Trinajstić information content (AvgIpc) is 2.25. The molecule has 1 aromatic carbocycles. The van der Waals surface area contributed by atoms with Gasteiger partial charge in [0.25, 0.3) is 0 Å². The van der Waals surface area contributed by atoms with Crippen molar-refractivity contribution in [1.29, 1.82) is 5.41 Å². The number of halogens is 1. The first kappa shape index (κ1) is 11.5. The molecule has 4 heteroatoms. The fourth-order valence-electron chi connectivity index (χ4n) is 1.14. The van der Waals surface area contributed by atoms with Gasteiger partial charge in [0, 0.05) is 23.8 Å². The molecule has 0 radical (unpaired) electrons. The van der Waals surface area contributed by atoms with Crippen LogP contribution in [0.4, 0.5) is 0 Å². The molecule has 0 saturated carbocycles. The number of aldehydes is 1. The Balaban J connectivity index is 3.09. The summed E-state index contributed by atoms with van der Waals surface area (Å²) in [5.41, 5.74) is 0.934. The van der Waals surface area contributed by atoms with Crippen molar-refractivity contribution in [2.24, 2.45) is 0 Å².